The van der Waals surface area contributed by atoms with E-state index in [0.29, 0.717) is 5.39 Å². The first kappa shape index (κ1) is 26.0. The lowest BCUT2D eigenvalue weighted by Gasteiger charge is -2.37. The van der Waals surface area contributed by atoms with Crippen LogP contribution in [0.5, 0.6) is 0 Å². The van der Waals surface area contributed by atoms with Crippen LogP contribution >= 0.6 is 7.60 Å². The van der Waals surface area contributed by atoms with E-state index in [9.17, 15) is 34.0 Å². The number of rotatable bonds is 8. The highest BCUT2D eigenvalue weighted by molar-refractivity contribution is 7.54. The standard InChI is InChI=1S/C20H31FN3O8P/c1-6-19(4,32-33(29,30)20(5,28)7-2)8-12-13(25)14(26)17(31-12)24-9-11-10(3)15(21)22-16(11)23-18(24)27/h9,12-14,17,25-26,28H,6-8H2,1-5H3,(H,29,30)(H,22,23,27)/t12-,13?,14+,17-,19?,20?/m1/s1. The van der Waals surface area contributed by atoms with E-state index in [1.807, 2.05) is 0 Å². The minimum atomic E-state index is -4.49. The largest absolute Gasteiger partial charge is 0.388 e. The molecule has 0 aliphatic carbocycles. The maximum atomic E-state index is 13.8. The number of fused-ring (bicyclic) bond motifs is 1. The molecule has 1 aliphatic rings. The second kappa shape index (κ2) is 8.84. The number of aliphatic hydroxyl groups is 3. The Labute approximate surface area is 189 Å². The van der Waals surface area contributed by atoms with Crippen LogP contribution in [0.4, 0.5) is 4.39 Å². The number of nitrogens with zero attached hydrogens (tertiary/aromatic N) is 2. The molecule has 0 bridgehead atoms. The fraction of sp³-hybridized carbons (Fsp3) is 0.700. The molecular weight excluding hydrogens is 460 g/mol. The molecule has 0 spiro atoms. The minimum absolute atomic E-state index is 0.0263. The molecule has 7 atom stereocenters. The molecular formula is C20H31FN3O8P. The lowest BCUT2D eigenvalue weighted by Crippen LogP contribution is -2.40. The first-order valence-electron chi connectivity index (χ1n) is 10.7. The van der Waals surface area contributed by atoms with Gasteiger partial charge in [0, 0.05) is 23.6 Å². The molecule has 0 amide bonds. The molecule has 1 aliphatic heterocycles. The van der Waals surface area contributed by atoms with Crippen molar-refractivity contribution < 1.29 is 38.4 Å². The molecule has 0 aromatic carbocycles. The molecule has 5 N–H and O–H groups in total. The van der Waals surface area contributed by atoms with Crippen LogP contribution in [0.3, 0.4) is 0 Å². The summed E-state index contributed by atoms with van der Waals surface area (Å²) in [6.45, 7) is 7.47. The molecule has 3 rings (SSSR count). The molecule has 4 unspecified atom stereocenters. The van der Waals surface area contributed by atoms with Gasteiger partial charge in [0.1, 0.15) is 17.9 Å². The van der Waals surface area contributed by atoms with Gasteiger partial charge >= 0.3 is 13.3 Å². The van der Waals surface area contributed by atoms with Gasteiger partial charge in [0.05, 0.1) is 11.7 Å². The van der Waals surface area contributed by atoms with E-state index in [1.165, 1.54) is 27.0 Å². The van der Waals surface area contributed by atoms with Gasteiger partial charge in [-0.25, -0.2) is 4.79 Å². The smallest absolute Gasteiger partial charge is 0.359 e. The van der Waals surface area contributed by atoms with Crippen molar-refractivity contribution in [3.8, 4) is 0 Å². The van der Waals surface area contributed by atoms with Gasteiger partial charge in [-0.2, -0.15) is 9.37 Å². The molecule has 1 saturated heterocycles. The first-order chi connectivity index (χ1) is 15.2. The topological polar surface area (TPSA) is 167 Å². The third-order valence-electron chi connectivity index (χ3n) is 6.53. The number of ether oxygens (including phenoxy) is 1. The Kier molecular flexibility index (Phi) is 6.96. The van der Waals surface area contributed by atoms with E-state index in [1.54, 1.807) is 13.8 Å². The number of H-pyrrole nitrogens is 1. The lowest BCUT2D eigenvalue weighted by molar-refractivity contribution is -0.0712. The normalized spacial score (nSPS) is 29.0. The molecule has 33 heavy (non-hydrogen) atoms. The monoisotopic (exact) mass is 491 g/mol. The van der Waals surface area contributed by atoms with E-state index in [2.05, 4.69) is 9.97 Å². The predicted octanol–water partition coefficient (Wildman–Crippen LogP) is 1.67. The van der Waals surface area contributed by atoms with Crippen molar-refractivity contribution in [3.63, 3.8) is 0 Å². The Morgan fingerprint density at radius 3 is 2.52 bits per heavy atom. The second-order valence-electron chi connectivity index (χ2n) is 8.99. The summed E-state index contributed by atoms with van der Waals surface area (Å²) >= 11 is 0. The van der Waals surface area contributed by atoms with Crippen molar-refractivity contribution in [1.29, 1.82) is 0 Å². The summed E-state index contributed by atoms with van der Waals surface area (Å²) < 4.78 is 38.8. The summed E-state index contributed by atoms with van der Waals surface area (Å²) in [5, 5.41) is 29.8. The zero-order chi connectivity index (χ0) is 24.9. The number of nitrogens with one attached hydrogen (secondary N) is 1. The van der Waals surface area contributed by atoms with Crippen molar-refractivity contribution >= 4 is 18.6 Å². The van der Waals surface area contributed by atoms with Gasteiger partial charge in [0.2, 0.25) is 0 Å². The lowest BCUT2D eigenvalue weighted by atomic mass is 9.93. The zero-order valence-corrected chi connectivity index (χ0v) is 20.0. The van der Waals surface area contributed by atoms with Gasteiger partial charge < -0.3 is 34.5 Å². The molecule has 0 radical (unpaired) electrons. The van der Waals surface area contributed by atoms with Crippen molar-refractivity contribution in [2.75, 3.05) is 0 Å². The maximum absolute atomic E-state index is 13.8. The Balaban J connectivity index is 1.88. The van der Waals surface area contributed by atoms with Crippen LogP contribution in [-0.4, -0.2) is 64.0 Å². The highest BCUT2D eigenvalue weighted by Crippen LogP contribution is 2.59. The van der Waals surface area contributed by atoms with Crippen molar-refractivity contribution in [1.82, 2.24) is 14.5 Å². The maximum Gasteiger partial charge on any atom is 0.359 e. The minimum Gasteiger partial charge on any atom is -0.388 e. The number of aromatic amines is 1. The molecule has 13 heteroatoms. The highest BCUT2D eigenvalue weighted by atomic mass is 31.2. The SMILES string of the molecule is CCC(C)(C[C@H]1O[C@@H](n2cc3c(C)c(F)[nH]c3nc2=O)[C@@H](O)C1O)OP(=O)(O)C(C)(O)CC. The van der Waals surface area contributed by atoms with Gasteiger partial charge in [-0.15, -0.1) is 0 Å². The Bertz CT molecular complexity index is 1130. The summed E-state index contributed by atoms with van der Waals surface area (Å²) in [4.78, 5) is 29.0. The van der Waals surface area contributed by atoms with Gasteiger partial charge in [-0.1, -0.05) is 13.8 Å². The van der Waals surface area contributed by atoms with Crippen molar-refractivity contribution in [2.24, 2.45) is 0 Å². The molecule has 0 saturated carbocycles. The van der Waals surface area contributed by atoms with Crippen molar-refractivity contribution in [2.45, 2.75) is 89.4 Å². The van der Waals surface area contributed by atoms with Gasteiger partial charge in [-0.05, 0) is 33.6 Å². The summed E-state index contributed by atoms with van der Waals surface area (Å²) in [7, 11) is -4.49. The van der Waals surface area contributed by atoms with Gasteiger partial charge in [0.15, 0.2) is 17.5 Å². The van der Waals surface area contributed by atoms with Crippen LogP contribution < -0.4 is 5.69 Å². The second-order valence-corrected chi connectivity index (χ2v) is 11.2. The van der Waals surface area contributed by atoms with E-state index in [0.717, 1.165) is 4.57 Å². The number of halogens is 1. The predicted molar refractivity (Wildman–Crippen MR) is 116 cm³/mol. The van der Waals surface area contributed by atoms with Crippen LogP contribution in [-0.2, 0) is 13.8 Å². The number of hydrogen-bond donors (Lipinski definition) is 5. The molecule has 3 heterocycles. The van der Waals surface area contributed by atoms with E-state index in [4.69, 9.17) is 9.26 Å². The van der Waals surface area contributed by atoms with Gasteiger partial charge in [-0.3, -0.25) is 9.13 Å². The molecule has 2 aromatic rings. The van der Waals surface area contributed by atoms with Crippen LogP contribution in [0.1, 0.15) is 58.7 Å². The zero-order valence-electron chi connectivity index (χ0n) is 19.1. The van der Waals surface area contributed by atoms with Crippen LogP contribution in [0, 0.1) is 12.9 Å². The number of aromatic nitrogens is 3. The average molecular weight is 491 g/mol. The van der Waals surface area contributed by atoms with Crippen LogP contribution in [0.15, 0.2) is 11.0 Å². The summed E-state index contributed by atoms with van der Waals surface area (Å²) in [6, 6.07) is 0. The van der Waals surface area contributed by atoms with E-state index in [-0.39, 0.29) is 30.5 Å². The fourth-order valence-electron chi connectivity index (χ4n) is 3.73. The number of hydrogen-bond acceptors (Lipinski definition) is 8. The third kappa shape index (κ3) is 4.66. The molecule has 11 nitrogen and oxygen atoms in total. The number of aliphatic hydroxyl groups excluding tert-OH is 2. The fourth-order valence-corrected chi connectivity index (χ4v) is 5.13. The summed E-state index contributed by atoms with van der Waals surface area (Å²) in [6.07, 6.45) is -4.02. The van der Waals surface area contributed by atoms with Gasteiger partial charge in [0.25, 0.3) is 0 Å². The Hall–Kier alpha value is -1.66. The molecule has 186 valence electrons. The quantitative estimate of drug-likeness (QED) is 0.345. The number of aryl methyl sites for hydroxylation is 1. The highest BCUT2D eigenvalue weighted by Gasteiger charge is 2.50. The molecule has 1 fully saturated rings. The summed E-state index contributed by atoms with van der Waals surface area (Å²) in [5.74, 6) is -0.646. The Morgan fingerprint density at radius 1 is 1.30 bits per heavy atom. The summed E-state index contributed by atoms with van der Waals surface area (Å²) in [5.41, 5.74) is -1.86. The van der Waals surface area contributed by atoms with Crippen molar-refractivity contribution in [3.05, 3.63) is 28.2 Å². The average Bonchev–Trinajstić information content (AvgIpc) is 3.16. The molecule has 2 aromatic heterocycles. The van der Waals surface area contributed by atoms with Crippen LogP contribution in [0.25, 0.3) is 11.0 Å². The van der Waals surface area contributed by atoms with E-state index >= 15 is 0 Å². The Morgan fingerprint density at radius 2 is 1.94 bits per heavy atom. The third-order valence-corrected chi connectivity index (χ3v) is 8.75. The van der Waals surface area contributed by atoms with Crippen LogP contribution in [0.2, 0.25) is 0 Å². The first-order valence-corrected chi connectivity index (χ1v) is 12.3. The van der Waals surface area contributed by atoms with E-state index < -0.39 is 54.7 Å².